The summed E-state index contributed by atoms with van der Waals surface area (Å²) in [6.07, 6.45) is 1.19. The molecule has 0 atom stereocenters. The predicted molar refractivity (Wildman–Crippen MR) is 86.7 cm³/mol. The maximum atomic E-state index is 13.2. The normalized spacial score (nSPS) is 10.8. The monoisotopic (exact) mass is 342 g/mol. The molecule has 0 bridgehead atoms. The highest BCUT2D eigenvalue weighted by Crippen LogP contribution is 2.21. The van der Waals surface area contributed by atoms with Crippen molar-refractivity contribution in [2.75, 3.05) is 0 Å². The molecule has 2 N–H and O–H groups in total. The fourth-order valence-corrected chi connectivity index (χ4v) is 2.45. The predicted octanol–water partition coefficient (Wildman–Crippen LogP) is 1.59. The highest BCUT2D eigenvalue weighted by atomic mass is 19.1. The Labute approximate surface area is 139 Å². The molecular weight excluding hydrogens is 331 g/mol. The van der Waals surface area contributed by atoms with Crippen LogP contribution in [0.25, 0.3) is 10.9 Å². The topological polar surface area (TPSA) is 121 Å². The third-order valence-electron chi connectivity index (χ3n) is 3.69. The van der Waals surface area contributed by atoms with Crippen LogP contribution < -0.4 is 11.3 Å². The molecule has 0 aliphatic rings. The van der Waals surface area contributed by atoms with Gasteiger partial charge in [-0.25, -0.2) is 9.37 Å². The molecule has 0 fully saturated rings. The highest BCUT2D eigenvalue weighted by Gasteiger charge is 2.17. The first-order valence-electron chi connectivity index (χ1n) is 7.08. The number of halogens is 1. The minimum atomic E-state index is -0.791. The molecule has 0 radical (unpaired) electrons. The van der Waals surface area contributed by atoms with Crippen molar-refractivity contribution in [1.29, 1.82) is 0 Å². The van der Waals surface area contributed by atoms with Gasteiger partial charge in [-0.2, -0.15) is 0 Å². The van der Waals surface area contributed by atoms with E-state index >= 15 is 0 Å². The molecule has 2 aromatic carbocycles. The molecule has 0 saturated carbocycles. The maximum Gasteiger partial charge on any atom is 0.275 e. The third-order valence-corrected chi connectivity index (χ3v) is 3.69. The van der Waals surface area contributed by atoms with Crippen LogP contribution in [0.3, 0.4) is 0 Å². The number of nitro groups is 1. The number of aromatic nitrogens is 2. The van der Waals surface area contributed by atoms with Gasteiger partial charge in [0.05, 0.1) is 28.7 Å². The molecule has 1 aromatic heterocycles. The van der Waals surface area contributed by atoms with Gasteiger partial charge in [0, 0.05) is 23.3 Å². The number of carbonyl (C=O) groups is 1. The number of benzene rings is 2. The lowest BCUT2D eigenvalue weighted by Crippen LogP contribution is -2.22. The Morgan fingerprint density at radius 1 is 1.28 bits per heavy atom. The zero-order chi connectivity index (χ0) is 18.1. The number of hydrogen-bond donors (Lipinski definition) is 1. The van der Waals surface area contributed by atoms with Crippen LogP contribution in [0.1, 0.15) is 15.9 Å². The second-order valence-corrected chi connectivity index (χ2v) is 5.30. The van der Waals surface area contributed by atoms with Gasteiger partial charge in [-0.05, 0) is 24.3 Å². The Kier molecular flexibility index (Phi) is 3.97. The van der Waals surface area contributed by atoms with E-state index in [-0.39, 0.29) is 34.3 Å². The van der Waals surface area contributed by atoms with Crippen molar-refractivity contribution < 1.29 is 14.1 Å². The van der Waals surface area contributed by atoms with Gasteiger partial charge >= 0.3 is 0 Å². The minimum absolute atomic E-state index is 0.00471. The standard InChI is InChI=1S/C16H11FN4O4/c17-11-3-4-12-13(6-11)19-8-20(16(12)23)7-10-2-1-9(15(18)22)5-14(10)21(24)25/h1-6,8H,7H2,(H2,18,22). The van der Waals surface area contributed by atoms with Gasteiger partial charge in [0.2, 0.25) is 5.91 Å². The van der Waals surface area contributed by atoms with E-state index in [1.54, 1.807) is 0 Å². The second-order valence-electron chi connectivity index (χ2n) is 5.30. The Hall–Kier alpha value is -3.62. The summed E-state index contributed by atoms with van der Waals surface area (Å²) < 4.78 is 14.4. The fourth-order valence-electron chi connectivity index (χ4n) is 2.45. The molecule has 0 aliphatic carbocycles. The van der Waals surface area contributed by atoms with Crippen molar-refractivity contribution in [2.45, 2.75) is 6.54 Å². The SMILES string of the molecule is NC(=O)c1ccc(Cn2cnc3cc(F)ccc3c2=O)c([N+](=O)[O-])c1. The molecule has 0 unspecified atom stereocenters. The zero-order valence-corrected chi connectivity index (χ0v) is 12.7. The van der Waals surface area contributed by atoms with E-state index in [1.165, 1.54) is 29.1 Å². The molecule has 0 spiro atoms. The van der Waals surface area contributed by atoms with Gasteiger partial charge in [-0.15, -0.1) is 0 Å². The van der Waals surface area contributed by atoms with Crippen molar-refractivity contribution in [3.05, 3.63) is 80.1 Å². The molecule has 9 heteroatoms. The lowest BCUT2D eigenvalue weighted by atomic mass is 10.1. The first kappa shape index (κ1) is 16.2. The van der Waals surface area contributed by atoms with Crippen molar-refractivity contribution in [3.63, 3.8) is 0 Å². The molecule has 25 heavy (non-hydrogen) atoms. The Bertz CT molecular complexity index is 1080. The van der Waals surface area contributed by atoms with Gasteiger partial charge in [-0.3, -0.25) is 24.3 Å². The Morgan fingerprint density at radius 3 is 2.72 bits per heavy atom. The quantitative estimate of drug-likeness (QED) is 0.570. The van der Waals surface area contributed by atoms with Crippen LogP contribution in [0.5, 0.6) is 0 Å². The summed E-state index contributed by atoms with van der Waals surface area (Å²) in [5.41, 5.74) is 4.73. The van der Waals surface area contributed by atoms with Crippen LogP contribution in [0.2, 0.25) is 0 Å². The van der Waals surface area contributed by atoms with E-state index in [1.807, 2.05) is 0 Å². The van der Waals surface area contributed by atoms with Crippen LogP contribution in [0.15, 0.2) is 47.5 Å². The average molecular weight is 342 g/mol. The third kappa shape index (κ3) is 3.07. The van der Waals surface area contributed by atoms with E-state index < -0.39 is 22.2 Å². The zero-order valence-electron chi connectivity index (χ0n) is 12.7. The van der Waals surface area contributed by atoms with E-state index in [0.717, 1.165) is 18.2 Å². The van der Waals surface area contributed by atoms with E-state index in [9.17, 15) is 24.1 Å². The summed E-state index contributed by atoms with van der Waals surface area (Å²) in [5, 5.41) is 11.4. The van der Waals surface area contributed by atoms with Crippen molar-refractivity contribution in [2.24, 2.45) is 5.73 Å². The number of carbonyl (C=O) groups excluding carboxylic acids is 1. The van der Waals surface area contributed by atoms with Crippen LogP contribution in [-0.4, -0.2) is 20.4 Å². The molecule has 3 rings (SSSR count). The maximum absolute atomic E-state index is 13.2. The Balaban J connectivity index is 2.08. The van der Waals surface area contributed by atoms with Crippen LogP contribution in [-0.2, 0) is 6.54 Å². The average Bonchev–Trinajstić information content (AvgIpc) is 2.57. The molecule has 1 heterocycles. The number of fused-ring (bicyclic) bond motifs is 1. The van der Waals surface area contributed by atoms with Gasteiger partial charge in [0.15, 0.2) is 0 Å². The summed E-state index contributed by atoms with van der Waals surface area (Å²) in [7, 11) is 0. The number of nitrogens with two attached hydrogens (primary N) is 1. The number of hydrogen-bond acceptors (Lipinski definition) is 5. The summed E-state index contributed by atoms with van der Waals surface area (Å²) in [4.78, 5) is 38.2. The van der Waals surface area contributed by atoms with Gasteiger partial charge in [-0.1, -0.05) is 0 Å². The van der Waals surface area contributed by atoms with Crippen molar-refractivity contribution in [3.8, 4) is 0 Å². The fraction of sp³-hybridized carbons (Fsp3) is 0.0625. The number of rotatable bonds is 4. The van der Waals surface area contributed by atoms with Gasteiger partial charge in [0.1, 0.15) is 5.82 Å². The van der Waals surface area contributed by atoms with Gasteiger partial charge < -0.3 is 5.73 Å². The number of amides is 1. The Morgan fingerprint density at radius 2 is 2.04 bits per heavy atom. The molecule has 126 valence electrons. The summed E-state index contributed by atoms with van der Waals surface area (Å²) in [6.45, 7) is -0.130. The molecule has 0 saturated heterocycles. The minimum Gasteiger partial charge on any atom is -0.366 e. The van der Waals surface area contributed by atoms with Crippen LogP contribution in [0.4, 0.5) is 10.1 Å². The number of nitrogens with zero attached hydrogens (tertiary/aromatic N) is 3. The molecule has 1 amide bonds. The number of nitro benzene ring substituents is 1. The summed E-state index contributed by atoms with van der Waals surface area (Å²) in [5.74, 6) is -1.31. The summed E-state index contributed by atoms with van der Waals surface area (Å²) in [6, 6.07) is 7.35. The van der Waals surface area contributed by atoms with Gasteiger partial charge in [0.25, 0.3) is 11.2 Å². The smallest absolute Gasteiger partial charge is 0.275 e. The van der Waals surface area contributed by atoms with Crippen LogP contribution in [0, 0.1) is 15.9 Å². The van der Waals surface area contributed by atoms with Crippen molar-refractivity contribution >= 4 is 22.5 Å². The first-order valence-corrected chi connectivity index (χ1v) is 7.08. The van der Waals surface area contributed by atoms with E-state index in [4.69, 9.17) is 5.73 Å². The lowest BCUT2D eigenvalue weighted by molar-refractivity contribution is -0.385. The largest absolute Gasteiger partial charge is 0.366 e. The van der Waals surface area contributed by atoms with Crippen LogP contribution >= 0.6 is 0 Å². The molecule has 0 aliphatic heterocycles. The molecule has 8 nitrogen and oxygen atoms in total. The molecule has 3 aromatic rings. The lowest BCUT2D eigenvalue weighted by Gasteiger charge is -2.08. The summed E-state index contributed by atoms with van der Waals surface area (Å²) >= 11 is 0. The second kappa shape index (κ2) is 6.11. The highest BCUT2D eigenvalue weighted by molar-refractivity contribution is 5.93. The van der Waals surface area contributed by atoms with E-state index in [2.05, 4.69) is 4.98 Å². The first-order chi connectivity index (χ1) is 11.9. The van der Waals surface area contributed by atoms with Crippen molar-refractivity contribution in [1.82, 2.24) is 9.55 Å². The number of primary amides is 1. The molecular formula is C16H11FN4O4. The van der Waals surface area contributed by atoms with E-state index in [0.29, 0.717) is 0 Å².